The molecule has 1 aromatic heterocycles. The highest BCUT2D eigenvalue weighted by atomic mass is 19.4. The van der Waals surface area contributed by atoms with Crippen molar-refractivity contribution in [2.24, 2.45) is 11.1 Å². The molecule has 110 valence electrons. The van der Waals surface area contributed by atoms with Crippen LogP contribution in [0, 0.1) is 10.8 Å². The number of nitrogens with two attached hydrogens (primary N) is 1. The maximum absolute atomic E-state index is 12.8. The molecule has 0 atom stereocenters. The van der Waals surface area contributed by atoms with Gasteiger partial charge in [-0.3, -0.25) is 5.41 Å². The van der Waals surface area contributed by atoms with Gasteiger partial charge in [-0.1, -0.05) is 13.8 Å². The van der Waals surface area contributed by atoms with E-state index in [1.807, 2.05) is 13.8 Å². The molecule has 1 aliphatic heterocycles. The number of rotatable bonds is 2. The van der Waals surface area contributed by atoms with Gasteiger partial charge < -0.3 is 10.6 Å². The number of pyridine rings is 1. The van der Waals surface area contributed by atoms with Gasteiger partial charge in [0.25, 0.3) is 0 Å². The Morgan fingerprint density at radius 2 is 2.05 bits per heavy atom. The molecule has 0 spiro atoms. The fraction of sp³-hybridized carbons (Fsp3) is 0.538. The number of nitrogen functional groups attached to an aromatic ring is 1. The molecule has 0 unspecified atom stereocenters. The largest absolute Gasteiger partial charge is 0.433 e. The first kappa shape index (κ1) is 14.6. The zero-order valence-electron chi connectivity index (χ0n) is 11.4. The van der Waals surface area contributed by atoms with Crippen molar-refractivity contribution < 1.29 is 13.2 Å². The summed E-state index contributed by atoms with van der Waals surface area (Å²) in [6, 6.07) is 2.08. The summed E-state index contributed by atoms with van der Waals surface area (Å²) in [6.45, 7) is 5.31. The maximum atomic E-state index is 12.8. The lowest BCUT2D eigenvalue weighted by atomic mass is 9.93. The molecular weight excluding hydrogens is 269 g/mol. The quantitative estimate of drug-likeness (QED) is 0.649. The van der Waals surface area contributed by atoms with Gasteiger partial charge >= 0.3 is 6.18 Å². The molecule has 1 aromatic rings. The van der Waals surface area contributed by atoms with Crippen LogP contribution in [-0.4, -0.2) is 23.9 Å². The summed E-state index contributed by atoms with van der Waals surface area (Å²) in [5.41, 5.74) is 4.75. The third-order valence-electron chi connectivity index (χ3n) is 3.43. The van der Waals surface area contributed by atoms with E-state index in [1.54, 1.807) is 4.90 Å². The Bertz CT molecular complexity index is 537. The molecule has 2 heterocycles. The molecule has 0 aliphatic carbocycles. The summed E-state index contributed by atoms with van der Waals surface area (Å²) in [5, 5.41) is 7.50. The van der Waals surface area contributed by atoms with Crippen molar-refractivity contribution >= 4 is 11.7 Å². The predicted octanol–water partition coefficient (Wildman–Crippen LogP) is 2.62. The van der Waals surface area contributed by atoms with Gasteiger partial charge in [0.1, 0.15) is 17.3 Å². The van der Waals surface area contributed by atoms with Crippen LogP contribution in [0.4, 0.5) is 19.0 Å². The number of hydrogen-bond donors (Lipinski definition) is 2. The number of halogens is 3. The van der Waals surface area contributed by atoms with Crippen LogP contribution in [-0.2, 0) is 6.18 Å². The summed E-state index contributed by atoms with van der Waals surface area (Å²) >= 11 is 0. The van der Waals surface area contributed by atoms with Gasteiger partial charge in [0.2, 0.25) is 0 Å². The van der Waals surface area contributed by atoms with Crippen molar-refractivity contribution in [3.05, 3.63) is 23.4 Å². The molecular formula is C13H17F3N4. The van der Waals surface area contributed by atoms with Crippen molar-refractivity contribution in [2.45, 2.75) is 26.4 Å². The van der Waals surface area contributed by atoms with E-state index in [1.165, 1.54) is 6.07 Å². The van der Waals surface area contributed by atoms with Crippen molar-refractivity contribution in [1.29, 1.82) is 5.41 Å². The summed E-state index contributed by atoms with van der Waals surface area (Å²) in [6.07, 6.45) is -3.64. The van der Waals surface area contributed by atoms with E-state index in [0.717, 1.165) is 12.5 Å². The van der Waals surface area contributed by atoms with E-state index in [-0.39, 0.29) is 22.6 Å². The van der Waals surface area contributed by atoms with Gasteiger partial charge in [-0.05, 0) is 24.0 Å². The van der Waals surface area contributed by atoms with E-state index in [4.69, 9.17) is 11.1 Å². The van der Waals surface area contributed by atoms with Crippen molar-refractivity contribution in [2.75, 3.05) is 18.0 Å². The number of anilines is 1. The number of nitrogens with zero attached hydrogens (tertiary/aromatic N) is 2. The maximum Gasteiger partial charge on any atom is 0.433 e. The molecule has 1 aliphatic rings. The average Bonchev–Trinajstić information content (AvgIpc) is 2.67. The molecule has 0 saturated carbocycles. The second kappa shape index (κ2) is 4.64. The second-order valence-corrected chi connectivity index (χ2v) is 5.81. The molecule has 2 rings (SSSR count). The van der Waals surface area contributed by atoms with Crippen LogP contribution in [0.2, 0.25) is 0 Å². The smallest absolute Gasteiger partial charge is 0.384 e. The molecule has 0 aromatic carbocycles. The molecule has 0 bridgehead atoms. The topological polar surface area (TPSA) is 66.0 Å². The third-order valence-corrected chi connectivity index (χ3v) is 3.43. The van der Waals surface area contributed by atoms with E-state index in [2.05, 4.69) is 4.98 Å². The standard InChI is InChI=1S/C13H17F3N4/c1-12(2)5-6-20(7-12)11-8(10(17)18)3-4-9(19-11)13(14,15)16/h3-4H,5-7H2,1-2H3,(H3,17,18). The highest BCUT2D eigenvalue weighted by Gasteiger charge is 2.36. The van der Waals surface area contributed by atoms with Crippen LogP contribution >= 0.6 is 0 Å². The van der Waals surface area contributed by atoms with Gasteiger partial charge in [0.15, 0.2) is 0 Å². The zero-order valence-corrected chi connectivity index (χ0v) is 11.4. The fourth-order valence-corrected chi connectivity index (χ4v) is 2.35. The van der Waals surface area contributed by atoms with E-state index >= 15 is 0 Å². The van der Waals surface area contributed by atoms with E-state index in [0.29, 0.717) is 13.1 Å². The minimum absolute atomic E-state index is 0.0178. The van der Waals surface area contributed by atoms with Crippen LogP contribution in [0.1, 0.15) is 31.5 Å². The number of nitrogens with one attached hydrogen (secondary N) is 1. The molecule has 4 nitrogen and oxygen atoms in total. The second-order valence-electron chi connectivity index (χ2n) is 5.81. The van der Waals surface area contributed by atoms with E-state index < -0.39 is 11.9 Å². The Labute approximate surface area is 115 Å². The zero-order chi connectivity index (χ0) is 15.1. The Kier molecular flexibility index (Phi) is 3.39. The summed E-state index contributed by atoms with van der Waals surface area (Å²) < 4.78 is 38.3. The summed E-state index contributed by atoms with van der Waals surface area (Å²) in [7, 11) is 0. The lowest BCUT2D eigenvalue weighted by Crippen LogP contribution is -2.28. The van der Waals surface area contributed by atoms with Crippen molar-refractivity contribution in [3.63, 3.8) is 0 Å². The van der Waals surface area contributed by atoms with Crippen molar-refractivity contribution in [1.82, 2.24) is 4.98 Å². The van der Waals surface area contributed by atoms with Gasteiger partial charge in [-0.15, -0.1) is 0 Å². The van der Waals surface area contributed by atoms with Gasteiger partial charge in [0.05, 0.1) is 5.56 Å². The fourth-order valence-electron chi connectivity index (χ4n) is 2.35. The van der Waals surface area contributed by atoms with Crippen LogP contribution in [0.25, 0.3) is 0 Å². The summed E-state index contributed by atoms with van der Waals surface area (Å²) in [5.74, 6) is -0.121. The van der Waals surface area contributed by atoms with Crippen molar-refractivity contribution in [3.8, 4) is 0 Å². The van der Waals surface area contributed by atoms with Gasteiger partial charge in [-0.2, -0.15) is 13.2 Å². The molecule has 3 N–H and O–H groups in total. The van der Waals surface area contributed by atoms with Crippen LogP contribution in [0.15, 0.2) is 12.1 Å². The van der Waals surface area contributed by atoms with E-state index in [9.17, 15) is 13.2 Å². The average molecular weight is 286 g/mol. The molecule has 7 heteroatoms. The minimum atomic E-state index is -4.50. The van der Waals surface area contributed by atoms with Crippen LogP contribution in [0.3, 0.4) is 0 Å². The van der Waals surface area contributed by atoms with Gasteiger partial charge in [-0.25, -0.2) is 4.98 Å². The highest BCUT2D eigenvalue weighted by molar-refractivity contribution is 5.99. The van der Waals surface area contributed by atoms with Crippen LogP contribution < -0.4 is 10.6 Å². The first-order valence-corrected chi connectivity index (χ1v) is 6.28. The number of aromatic nitrogens is 1. The van der Waals surface area contributed by atoms with Gasteiger partial charge in [0, 0.05) is 13.1 Å². The Balaban J connectivity index is 2.46. The first-order chi connectivity index (χ1) is 9.10. The number of amidine groups is 1. The molecule has 0 amide bonds. The monoisotopic (exact) mass is 286 g/mol. The SMILES string of the molecule is CC1(C)CCN(c2nc(C(F)(F)F)ccc2C(=N)N)C1. The molecule has 1 saturated heterocycles. The Morgan fingerprint density at radius 1 is 1.40 bits per heavy atom. The Morgan fingerprint density at radius 3 is 2.50 bits per heavy atom. The summed E-state index contributed by atoms with van der Waals surface area (Å²) in [4.78, 5) is 5.46. The molecule has 20 heavy (non-hydrogen) atoms. The predicted molar refractivity (Wildman–Crippen MR) is 70.9 cm³/mol. The first-order valence-electron chi connectivity index (χ1n) is 6.28. The highest BCUT2D eigenvalue weighted by Crippen LogP contribution is 2.35. The van der Waals surface area contributed by atoms with Crippen LogP contribution in [0.5, 0.6) is 0 Å². The molecule has 1 fully saturated rings. The lowest BCUT2D eigenvalue weighted by Gasteiger charge is -2.23. The Hall–Kier alpha value is -1.79. The number of hydrogen-bond acceptors (Lipinski definition) is 3. The molecule has 0 radical (unpaired) electrons. The number of alkyl halides is 3. The lowest BCUT2D eigenvalue weighted by molar-refractivity contribution is -0.141. The minimum Gasteiger partial charge on any atom is -0.384 e. The normalized spacial score (nSPS) is 18.4. The third kappa shape index (κ3) is 2.86.